The predicted molar refractivity (Wildman–Crippen MR) is 76.5 cm³/mol. The first-order valence-electron chi connectivity index (χ1n) is 7.07. The molecule has 0 aromatic heterocycles. The van der Waals surface area contributed by atoms with E-state index in [-0.39, 0.29) is 17.2 Å². The Bertz CT molecular complexity index is 542. The number of carboxylic acids is 1. The largest absolute Gasteiger partial charge is 0.480 e. The highest BCUT2D eigenvalue weighted by Crippen LogP contribution is 2.29. The van der Waals surface area contributed by atoms with Crippen molar-refractivity contribution in [3.63, 3.8) is 0 Å². The van der Waals surface area contributed by atoms with E-state index in [2.05, 4.69) is 5.32 Å². The molecule has 0 bridgehead atoms. The van der Waals surface area contributed by atoms with Crippen molar-refractivity contribution in [1.82, 2.24) is 0 Å². The van der Waals surface area contributed by atoms with Gasteiger partial charge in [-0.15, -0.1) is 0 Å². The third-order valence-corrected chi connectivity index (χ3v) is 3.95. The highest BCUT2D eigenvalue weighted by atomic mass is 19.1. The molecule has 0 aliphatic heterocycles. The summed E-state index contributed by atoms with van der Waals surface area (Å²) in [5, 5.41) is 12.3. The fraction of sp³-hybridized carbons (Fsp3) is 0.467. The van der Waals surface area contributed by atoms with Gasteiger partial charge >= 0.3 is 5.97 Å². The van der Waals surface area contributed by atoms with Gasteiger partial charge in [0.25, 0.3) is 5.91 Å². The number of carbonyl (C=O) groups excluding carboxylic acids is 1. The Balaban J connectivity index is 2.24. The molecular formula is C15H19FN2O3. The van der Waals surface area contributed by atoms with E-state index in [1.54, 1.807) is 0 Å². The second-order valence-corrected chi connectivity index (χ2v) is 5.41. The Hall–Kier alpha value is -2.11. The molecule has 5 nitrogen and oxygen atoms in total. The monoisotopic (exact) mass is 294 g/mol. The van der Waals surface area contributed by atoms with Crippen LogP contribution in [0.15, 0.2) is 18.2 Å². The Kier molecular flexibility index (Phi) is 4.77. The van der Waals surface area contributed by atoms with E-state index < -0.39 is 23.7 Å². The van der Waals surface area contributed by atoms with E-state index in [0.717, 1.165) is 38.2 Å². The minimum Gasteiger partial charge on any atom is -0.480 e. The van der Waals surface area contributed by atoms with Crippen LogP contribution in [0.3, 0.4) is 0 Å². The van der Waals surface area contributed by atoms with Gasteiger partial charge in [0.2, 0.25) is 0 Å². The minimum atomic E-state index is -0.971. The fourth-order valence-electron chi connectivity index (χ4n) is 2.86. The Morgan fingerprint density at radius 2 is 1.95 bits per heavy atom. The van der Waals surface area contributed by atoms with E-state index >= 15 is 0 Å². The van der Waals surface area contributed by atoms with Gasteiger partial charge in [0.05, 0.1) is 5.56 Å². The Morgan fingerprint density at radius 3 is 2.52 bits per heavy atom. The van der Waals surface area contributed by atoms with Gasteiger partial charge in [-0.2, -0.15) is 0 Å². The van der Waals surface area contributed by atoms with Crippen molar-refractivity contribution >= 4 is 17.6 Å². The molecule has 21 heavy (non-hydrogen) atoms. The van der Waals surface area contributed by atoms with Crippen molar-refractivity contribution in [3.8, 4) is 0 Å². The number of hydrogen-bond donors (Lipinski definition) is 3. The molecule has 4 N–H and O–H groups in total. The van der Waals surface area contributed by atoms with Crippen LogP contribution in [0.4, 0.5) is 10.1 Å². The maximum absolute atomic E-state index is 13.2. The second-order valence-electron chi connectivity index (χ2n) is 5.41. The van der Waals surface area contributed by atoms with Crippen LogP contribution < -0.4 is 11.1 Å². The average molecular weight is 294 g/mol. The highest BCUT2D eigenvalue weighted by Gasteiger charge is 2.30. The summed E-state index contributed by atoms with van der Waals surface area (Å²) in [5.41, 5.74) is 5.46. The number of nitrogens with two attached hydrogens (primary N) is 1. The number of halogens is 1. The van der Waals surface area contributed by atoms with Crippen molar-refractivity contribution in [2.45, 2.75) is 38.1 Å². The molecule has 2 rings (SSSR count). The number of nitrogens with one attached hydrogen (secondary N) is 1. The normalized spacial score (nSPS) is 17.2. The van der Waals surface area contributed by atoms with Crippen LogP contribution in [0.5, 0.6) is 0 Å². The number of benzene rings is 1. The maximum atomic E-state index is 13.2. The van der Waals surface area contributed by atoms with Crippen LogP contribution in [-0.2, 0) is 4.79 Å². The van der Waals surface area contributed by atoms with Crippen molar-refractivity contribution in [2.24, 2.45) is 11.7 Å². The number of carboxylic acid groups (broad SMARTS) is 1. The minimum absolute atomic E-state index is 0.00188. The lowest BCUT2D eigenvalue weighted by molar-refractivity contribution is -0.139. The Labute approximate surface area is 122 Å². The summed E-state index contributed by atoms with van der Waals surface area (Å²) >= 11 is 0. The molecule has 6 heteroatoms. The standard InChI is InChI=1S/C15H19FN2O3/c16-10-6-7-12(11(8-10)14(17)19)18-13(15(20)21)9-4-2-1-3-5-9/h6-9,13,18H,1-5H2,(H2,17,19)(H,20,21). The van der Waals surface area contributed by atoms with E-state index in [1.165, 1.54) is 12.1 Å². The molecule has 1 fully saturated rings. The van der Waals surface area contributed by atoms with Crippen LogP contribution in [0.2, 0.25) is 0 Å². The summed E-state index contributed by atoms with van der Waals surface area (Å²) in [4.78, 5) is 22.9. The second kappa shape index (κ2) is 6.56. The van der Waals surface area contributed by atoms with Gasteiger partial charge in [0.1, 0.15) is 11.9 Å². The number of anilines is 1. The first-order valence-corrected chi connectivity index (χ1v) is 7.07. The number of amides is 1. The first-order chi connectivity index (χ1) is 9.99. The zero-order valence-corrected chi connectivity index (χ0v) is 11.6. The first kappa shape index (κ1) is 15.3. The van der Waals surface area contributed by atoms with Gasteiger partial charge in [-0.1, -0.05) is 19.3 Å². The lowest BCUT2D eigenvalue weighted by Gasteiger charge is -2.29. The highest BCUT2D eigenvalue weighted by molar-refractivity contribution is 5.99. The van der Waals surface area contributed by atoms with Crippen LogP contribution in [-0.4, -0.2) is 23.0 Å². The summed E-state index contributed by atoms with van der Waals surface area (Å²) < 4.78 is 13.2. The van der Waals surface area contributed by atoms with Crippen LogP contribution in [0, 0.1) is 11.7 Å². The van der Waals surface area contributed by atoms with Gasteiger partial charge in [0.15, 0.2) is 0 Å². The SMILES string of the molecule is NC(=O)c1cc(F)ccc1NC(C(=O)O)C1CCCCC1. The molecule has 0 heterocycles. The van der Waals surface area contributed by atoms with Gasteiger partial charge in [-0.3, -0.25) is 4.79 Å². The van der Waals surface area contributed by atoms with E-state index in [4.69, 9.17) is 5.73 Å². The van der Waals surface area contributed by atoms with Gasteiger partial charge < -0.3 is 16.2 Å². The van der Waals surface area contributed by atoms with Crippen LogP contribution >= 0.6 is 0 Å². The molecule has 1 saturated carbocycles. The molecule has 1 amide bonds. The fourth-order valence-corrected chi connectivity index (χ4v) is 2.86. The summed E-state index contributed by atoms with van der Waals surface area (Å²) in [6.07, 6.45) is 4.78. The molecule has 1 aromatic carbocycles. The van der Waals surface area contributed by atoms with Crippen molar-refractivity contribution in [1.29, 1.82) is 0 Å². The van der Waals surface area contributed by atoms with E-state index in [1.807, 2.05) is 0 Å². The molecular weight excluding hydrogens is 275 g/mol. The van der Waals surface area contributed by atoms with Crippen LogP contribution in [0.1, 0.15) is 42.5 Å². The van der Waals surface area contributed by atoms with Crippen LogP contribution in [0.25, 0.3) is 0 Å². The molecule has 0 spiro atoms. The lowest BCUT2D eigenvalue weighted by Crippen LogP contribution is -2.38. The number of carbonyl (C=O) groups is 2. The molecule has 0 radical (unpaired) electrons. The molecule has 1 aliphatic rings. The molecule has 1 aliphatic carbocycles. The van der Waals surface area contributed by atoms with Gasteiger partial charge in [-0.25, -0.2) is 9.18 Å². The smallest absolute Gasteiger partial charge is 0.326 e. The molecule has 1 unspecified atom stereocenters. The number of primary amides is 1. The topological polar surface area (TPSA) is 92.4 Å². The zero-order valence-electron chi connectivity index (χ0n) is 11.6. The molecule has 1 atom stereocenters. The Morgan fingerprint density at radius 1 is 1.29 bits per heavy atom. The number of rotatable bonds is 5. The zero-order chi connectivity index (χ0) is 15.4. The molecule has 1 aromatic rings. The van der Waals surface area contributed by atoms with Gasteiger partial charge in [0, 0.05) is 5.69 Å². The maximum Gasteiger partial charge on any atom is 0.326 e. The summed E-state index contributed by atoms with van der Waals surface area (Å²) in [6, 6.07) is 2.75. The van der Waals surface area contributed by atoms with Gasteiger partial charge in [-0.05, 0) is 37.0 Å². The van der Waals surface area contributed by atoms with E-state index in [0.29, 0.717) is 0 Å². The van der Waals surface area contributed by atoms with E-state index in [9.17, 15) is 19.1 Å². The average Bonchev–Trinajstić information content (AvgIpc) is 2.46. The predicted octanol–water partition coefficient (Wildman–Crippen LogP) is 2.37. The summed E-state index contributed by atoms with van der Waals surface area (Å²) in [7, 11) is 0. The van der Waals surface area contributed by atoms with Crippen molar-refractivity contribution in [3.05, 3.63) is 29.6 Å². The van der Waals surface area contributed by atoms with Crippen molar-refractivity contribution < 1.29 is 19.1 Å². The third kappa shape index (κ3) is 3.71. The number of aliphatic carboxylic acids is 1. The quantitative estimate of drug-likeness (QED) is 0.777. The summed E-state index contributed by atoms with van der Waals surface area (Å²) in [5.74, 6) is -2.34. The molecule has 114 valence electrons. The number of hydrogen-bond acceptors (Lipinski definition) is 3. The molecule has 0 saturated heterocycles. The summed E-state index contributed by atoms with van der Waals surface area (Å²) in [6.45, 7) is 0. The van der Waals surface area contributed by atoms with Crippen molar-refractivity contribution in [2.75, 3.05) is 5.32 Å². The lowest BCUT2D eigenvalue weighted by atomic mass is 9.83. The third-order valence-electron chi connectivity index (χ3n) is 3.95.